The number of aromatic amines is 1. The smallest absolute Gasteiger partial charge is 0.207 e. The van der Waals surface area contributed by atoms with Gasteiger partial charge in [-0.15, -0.1) is 0 Å². The molecule has 2 aromatic carbocycles. The van der Waals surface area contributed by atoms with Crippen LogP contribution in [0.1, 0.15) is 27.0 Å². The molecule has 0 bridgehead atoms. The summed E-state index contributed by atoms with van der Waals surface area (Å²) in [6, 6.07) is 18.9. The van der Waals surface area contributed by atoms with E-state index in [1.54, 1.807) is 0 Å². The number of Topliss-reactive ketones (excluding diaryl/α,β-unsaturated/α-hetero) is 1. The molecule has 0 saturated heterocycles. The van der Waals surface area contributed by atoms with E-state index < -0.39 is 0 Å². The largest absolute Gasteiger partial charge is 0.494 e. The summed E-state index contributed by atoms with van der Waals surface area (Å²) in [5, 5.41) is 20.0. The van der Waals surface area contributed by atoms with Crippen LogP contribution in [0.3, 0.4) is 0 Å². The zero-order valence-electron chi connectivity index (χ0n) is 13.5. The molecular formula is C21H14N2O2. The molecule has 0 radical (unpaired) electrons. The van der Waals surface area contributed by atoms with Crippen LogP contribution in [0, 0.1) is 18.3 Å². The third-order valence-electron chi connectivity index (χ3n) is 4.45. The third-order valence-corrected chi connectivity index (χ3v) is 4.45. The molecule has 0 amide bonds. The molecule has 1 aromatic heterocycles. The van der Waals surface area contributed by atoms with Gasteiger partial charge in [0.25, 0.3) is 0 Å². The van der Waals surface area contributed by atoms with Gasteiger partial charge in [0.1, 0.15) is 11.6 Å². The second kappa shape index (κ2) is 5.50. The summed E-state index contributed by atoms with van der Waals surface area (Å²) in [5.41, 5.74) is 4.45. The summed E-state index contributed by atoms with van der Waals surface area (Å²) in [5.74, 6) is -0.452. The van der Waals surface area contributed by atoms with Gasteiger partial charge in [0.2, 0.25) is 5.78 Å². The normalized spacial score (nSPS) is 13.0. The lowest BCUT2D eigenvalue weighted by molar-refractivity contribution is 0.104. The Morgan fingerprint density at radius 2 is 1.64 bits per heavy atom. The summed E-state index contributed by atoms with van der Waals surface area (Å²) in [7, 11) is 0. The van der Waals surface area contributed by atoms with Crippen molar-refractivity contribution in [3.63, 3.8) is 0 Å². The Morgan fingerprint density at radius 1 is 0.960 bits per heavy atom. The van der Waals surface area contributed by atoms with Gasteiger partial charge < -0.3 is 10.1 Å². The molecule has 1 aliphatic carbocycles. The number of H-pyrrole nitrogens is 1. The maximum absolute atomic E-state index is 12.9. The molecular weight excluding hydrogens is 312 g/mol. The van der Waals surface area contributed by atoms with Crippen LogP contribution in [0.15, 0.2) is 60.2 Å². The highest BCUT2D eigenvalue weighted by molar-refractivity contribution is 6.28. The number of aromatic nitrogens is 1. The molecule has 0 atom stereocenters. The van der Waals surface area contributed by atoms with Crippen molar-refractivity contribution < 1.29 is 9.90 Å². The van der Waals surface area contributed by atoms with Gasteiger partial charge in [-0.2, -0.15) is 5.26 Å². The summed E-state index contributed by atoms with van der Waals surface area (Å²) >= 11 is 0. The van der Waals surface area contributed by atoms with Crippen molar-refractivity contribution >= 4 is 11.4 Å². The topological polar surface area (TPSA) is 76.9 Å². The fourth-order valence-electron chi connectivity index (χ4n) is 3.26. The van der Waals surface area contributed by atoms with Gasteiger partial charge in [-0.1, -0.05) is 60.2 Å². The predicted molar refractivity (Wildman–Crippen MR) is 95.0 cm³/mol. The number of nitrogens with zero attached hydrogens (tertiary/aromatic N) is 1. The molecule has 0 unspecified atom stereocenters. The van der Waals surface area contributed by atoms with E-state index in [2.05, 4.69) is 4.98 Å². The summed E-state index contributed by atoms with van der Waals surface area (Å²) < 4.78 is 0. The van der Waals surface area contributed by atoms with Crippen molar-refractivity contribution in [2.75, 3.05) is 0 Å². The first kappa shape index (κ1) is 15.0. The zero-order valence-corrected chi connectivity index (χ0v) is 13.5. The number of aryl methyl sites for hydroxylation is 1. The first-order valence-corrected chi connectivity index (χ1v) is 7.88. The van der Waals surface area contributed by atoms with Crippen molar-refractivity contribution in [1.29, 1.82) is 5.26 Å². The van der Waals surface area contributed by atoms with Crippen LogP contribution in [-0.2, 0) is 0 Å². The molecule has 0 spiro atoms. The Morgan fingerprint density at radius 3 is 2.28 bits per heavy atom. The summed E-state index contributed by atoms with van der Waals surface area (Å²) in [6.07, 6.45) is 0. The summed E-state index contributed by atoms with van der Waals surface area (Å²) in [6.45, 7) is 1.97. The Kier molecular flexibility index (Phi) is 3.29. The SMILES string of the molecule is Cc1ccc(C2=C(C#N)C(=O)c3c(-c4ccccc4)[nH]c(O)c32)cc1. The second-order valence-corrected chi connectivity index (χ2v) is 6.02. The van der Waals surface area contributed by atoms with Crippen LogP contribution in [0.2, 0.25) is 0 Å². The van der Waals surface area contributed by atoms with Gasteiger partial charge in [-0.05, 0) is 18.1 Å². The van der Waals surface area contributed by atoms with Gasteiger partial charge in [0.15, 0.2) is 5.88 Å². The van der Waals surface area contributed by atoms with Crippen molar-refractivity contribution in [3.05, 3.63) is 82.4 Å². The Balaban J connectivity index is 1.99. The number of carbonyl (C=O) groups excluding carboxylic acids is 1. The van der Waals surface area contributed by atoms with Gasteiger partial charge >= 0.3 is 0 Å². The standard InChI is InChI=1S/C21H14N2O2/c1-12-7-9-13(10-8-12)16-15(11-22)20(24)18-17(16)21(25)23-19(18)14-5-3-2-4-6-14/h2-10,23,25H,1H3. The Labute approximate surface area is 144 Å². The van der Waals surface area contributed by atoms with E-state index in [4.69, 9.17) is 0 Å². The Bertz CT molecular complexity index is 1070. The lowest BCUT2D eigenvalue weighted by atomic mass is 9.98. The van der Waals surface area contributed by atoms with E-state index in [1.807, 2.05) is 67.6 Å². The zero-order chi connectivity index (χ0) is 17.6. The highest BCUT2D eigenvalue weighted by Crippen LogP contribution is 2.46. The molecule has 1 aliphatic rings. The number of nitriles is 1. The molecule has 25 heavy (non-hydrogen) atoms. The minimum absolute atomic E-state index is 0.0651. The fraction of sp³-hybridized carbons (Fsp3) is 0.0476. The molecule has 120 valence electrons. The first-order chi connectivity index (χ1) is 12.1. The van der Waals surface area contributed by atoms with E-state index >= 15 is 0 Å². The molecule has 4 rings (SSSR count). The highest BCUT2D eigenvalue weighted by atomic mass is 16.3. The van der Waals surface area contributed by atoms with Gasteiger partial charge in [0.05, 0.1) is 16.8 Å². The number of fused-ring (bicyclic) bond motifs is 1. The van der Waals surface area contributed by atoms with Crippen LogP contribution in [-0.4, -0.2) is 15.9 Å². The molecule has 4 nitrogen and oxygen atoms in total. The number of nitrogens with one attached hydrogen (secondary N) is 1. The average molecular weight is 326 g/mol. The van der Waals surface area contributed by atoms with Gasteiger partial charge in [-0.3, -0.25) is 4.79 Å². The van der Waals surface area contributed by atoms with E-state index in [0.717, 1.165) is 16.7 Å². The number of benzene rings is 2. The second-order valence-electron chi connectivity index (χ2n) is 6.02. The monoisotopic (exact) mass is 326 g/mol. The van der Waals surface area contributed by atoms with Crippen molar-refractivity contribution in [3.8, 4) is 23.2 Å². The van der Waals surface area contributed by atoms with Crippen molar-refractivity contribution in [2.45, 2.75) is 6.92 Å². The fourth-order valence-corrected chi connectivity index (χ4v) is 3.26. The molecule has 1 heterocycles. The number of hydrogen-bond donors (Lipinski definition) is 2. The van der Waals surface area contributed by atoms with Crippen LogP contribution in [0.4, 0.5) is 0 Å². The van der Waals surface area contributed by atoms with E-state index in [0.29, 0.717) is 22.4 Å². The minimum atomic E-state index is -0.358. The summed E-state index contributed by atoms with van der Waals surface area (Å²) in [4.78, 5) is 15.8. The number of aromatic hydroxyl groups is 1. The Hall–Kier alpha value is -3.58. The number of rotatable bonds is 2. The predicted octanol–water partition coefficient (Wildman–Crippen LogP) is 4.22. The third kappa shape index (κ3) is 2.18. The van der Waals surface area contributed by atoms with Crippen LogP contribution < -0.4 is 0 Å². The number of hydrogen-bond acceptors (Lipinski definition) is 3. The lowest BCUT2D eigenvalue weighted by Crippen LogP contribution is -1.98. The van der Waals surface area contributed by atoms with E-state index in [1.165, 1.54) is 0 Å². The quantitative estimate of drug-likeness (QED) is 0.740. The first-order valence-electron chi connectivity index (χ1n) is 7.88. The van der Waals surface area contributed by atoms with Gasteiger partial charge in [0, 0.05) is 5.57 Å². The minimum Gasteiger partial charge on any atom is -0.494 e. The van der Waals surface area contributed by atoms with Crippen LogP contribution in [0.25, 0.3) is 16.8 Å². The van der Waals surface area contributed by atoms with Gasteiger partial charge in [-0.25, -0.2) is 0 Å². The van der Waals surface area contributed by atoms with Crippen LogP contribution >= 0.6 is 0 Å². The number of carbonyl (C=O) groups is 1. The maximum Gasteiger partial charge on any atom is 0.207 e. The lowest BCUT2D eigenvalue weighted by Gasteiger charge is -2.05. The number of allylic oxidation sites excluding steroid dienone is 1. The average Bonchev–Trinajstić information content (AvgIpc) is 3.12. The number of ketones is 1. The van der Waals surface area contributed by atoms with E-state index in [9.17, 15) is 15.2 Å². The molecule has 3 aromatic rings. The highest BCUT2D eigenvalue weighted by Gasteiger charge is 2.37. The van der Waals surface area contributed by atoms with Crippen molar-refractivity contribution in [1.82, 2.24) is 4.98 Å². The molecule has 0 fully saturated rings. The van der Waals surface area contributed by atoms with Crippen LogP contribution in [0.5, 0.6) is 5.88 Å². The molecule has 2 N–H and O–H groups in total. The van der Waals surface area contributed by atoms with E-state index in [-0.39, 0.29) is 17.2 Å². The van der Waals surface area contributed by atoms with Crippen molar-refractivity contribution in [2.24, 2.45) is 0 Å². The molecule has 4 heteroatoms. The maximum atomic E-state index is 12.9. The molecule has 0 saturated carbocycles. The molecule has 0 aliphatic heterocycles.